The highest BCUT2D eigenvalue weighted by molar-refractivity contribution is 7.98. The van der Waals surface area contributed by atoms with Gasteiger partial charge in [0.1, 0.15) is 0 Å². The molecule has 0 aromatic heterocycles. The molecule has 2 N–H and O–H groups in total. The number of thioether (sulfide) groups is 1. The van der Waals surface area contributed by atoms with E-state index in [4.69, 9.17) is 17.0 Å². The maximum atomic E-state index is 5.34. The van der Waals surface area contributed by atoms with Gasteiger partial charge in [-0.2, -0.15) is 0 Å². The maximum Gasteiger partial charge on any atom is 0.170 e. The van der Waals surface area contributed by atoms with E-state index in [0.717, 1.165) is 51.5 Å². The average Bonchev–Trinajstić information content (AvgIpc) is 2.53. The molecule has 21 heavy (non-hydrogen) atoms. The third-order valence-electron chi connectivity index (χ3n) is 3.39. The monoisotopic (exact) mass is 325 g/mol. The van der Waals surface area contributed by atoms with E-state index in [1.807, 2.05) is 12.1 Å². The van der Waals surface area contributed by atoms with Crippen LogP contribution in [0.1, 0.15) is 6.42 Å². The van der Waals surface area contributed by atoms with Crippen LogP contribution >= 0.6 is 24.0 Å². The molecular formula is C15H23N3OS2. The zero-order valence-corrected chi connectivity index (χ0v) is 14.1. The summed E-state index contributed by atoms with van der Waals surface area (Å²) in [4.78, 5) is 3.69. The smallest absolute Gasteiger partial charge is 0.170 e. The van der Waals surface area contributed by atoms with Gasteiger partial charge in [-0.05, 0) is 55.7 Å². The number of thiocarbonyl (C=S) groups is 1. The second-order valence-electron chi connectivity index (χ2n) is 4.92. The number of hydrogen-bond acceptors (Lipinski definition) is 4. The van der Waals surface area contributed by atoms with Crippen LogP contribution in [0.3, 0.4) is 0 Å². The first-order chi connectivity index (χ1) is 10.3. The van der Waals surface area contributed by atoms with Gasteiger partial charge in [0.15, 0.2) is 5.11 Å². The van der Waals surface area contributed by atoms with E-state index in [1.54, 1.807) is 11.8 Å². The average molecular weight is 326 g/mol. The minimum atomic E-state index is 0.689. The number of morpholine rings is 1. The van der Waals surface area contributed by atoms with Gasteiger partial charge in [0.2, 0.25) is 0 Å². The van der Waals surface area contributed by atoms with E-state index in [9.17, 15) is 0 Å². The van der Waals surface area contributed by atoms with Crippen LogP contribution < -0.4 is 10.6 Å². The van der Waals surface area contributed by atoms with Crippen molar-refractivity contribution in [3.8, 4) is 0 Å². The lowest BCUT2D eigenvalue weighted by Gasteiger charge is -2.26. The Morgan fingerprint density at radius 1 is 1.29 bits per heavy atom. The van der Waals surface area contributed by atoms with E-state index in [2.05, 4.69) is 33.9 Å². The van der Waals surface area contributed by atoms with Crippen LogP contribution in [0.4, 0.5) is 5.69 Å². The molecule has 4 nitrogen and oxygen atoms in total. The number of nitrogens with one attached hydrogen (secondary N) is 2. The highest BCUT2D eigenvalue weighted by Crippen LogP contribution is 2.17. The van der Waals surface area contributed by atoms with Crippen molar-refractivity contribution in [2.75, 3.05) is 51.0 Å². The van der Waals surface area contributed by atoms with Crippen LogP contribution in [0.2, 0.25) is 0 Å². The third kappa shape index (κ3) is 6.22. The Labute approximate surface area is 136 Å². The molecule has 0 radical (unpaired) electrons. The van der Waals surface area contributed by atoms with Crippen LogP contribution in [0, 0.1) is 0 Å². The fourth-order valence-corrected chi connectivity index (χ4v) is 2.81. The SMILES string of the molecule is CSc1ccc(NC(=S)NCCCN2CCOCC2)cc1. The molecule has 0 spiro atoms. The number of benzene rings is 1. The summed E-state index contributed by atoms with van der Waals surface area (Å²) in [5.74, 6) is 0. The van der Waals surface area contributed by atoms with Crippen molar-refractivity contribution in [2.45, 2.75) is 11.3 Å². The number of rotatable bonds is 6. The van der Waals surface area contributed by atoms with E-state index in [1.165, 1.54) is 4.90 Å². The van der Waals surface area contributed by atoms with Gasteiger partial charge in [-0.1, -0.05) is 0 Å². The molecule has 1 aromatic carbocycles. The minimum Gasteiger partial charge on any atom is -0.379 e. The van der Waals surface area contributed by atoms with Crippen molar-refractivity contribution in [2.24, 2.45) is 0 Å². The number of anilines is 1. The number of nitrogens with zero attached hydrogens (tertiary/aromatic N) is 1. The Hall–Kier alpha value is -0.820. The van der Waals surface area contributed by atoms with Crippen LogP contribution in [-0.4, -0.2) is 55.7 Å². The summed E-state index contributed by atoms with van der Waals surface area (Å²) >= 11 is 7.04. The molecule has 1 fully saturated rings. The maximum absolute atomic E-state index is 5.34. The summed E-state index contributed by atoms with van der Waals surface area (Å²) in [5, 5.41) is 7.15. The topological polar surface area (TPSA) is 36.5 Å². The standard InChI is InChI=1S/C15H23N3OS2/c1-21-14-5-3-13(4-6-14)17-15(20)16-7-2-8-18-9-11-19-12-10-18/h3-6H,2,7-12H2,1H3,(H2,16,17,20). The summed E-state index contributed by atoms with van der Waals surface area (Å²) in [6, 6.07) is 8.28. The van der Waals surface area contributed by atoms with Gasteiger partial charge in [-0.3, -0.25) is 4.90 Å². The van der Waals surface area contributed by atoms with Crippen molar-refractivity contribution in [1.82, 2.24) is 10.2 Å². The highest BCUT2D eigenvalue weighted by Gasteiger charge is 2.09. The van der Waals surface area contributed by atoms with Gasteiger partial charge < -0.3 is 15.4 Å². The van der Waals surface area contributed by atoms with Gasteiger partial charge in [-0.15, -0.1) is 11.8 Å². The van der Waals surface area contributed by atoms with E-state index >= 15 is 0 Å². The molecule has 0 saturated carbocycles. The second kappa shape index (κ2) is 9.25. The van der Waals surface area contributed by atoms with Crippen molar-refractivity contribution in [1.29, 1.82) is 0 Å². The summed E-state index contributed by atoms with van der Waals surface area (Å²) < 4.78 is 5.34. The Bertz CT molecular complexity index is 433. The Balaban J connectivity index is 1.60. The first-order valence-electron chi connectivity index (χ1n) is 7.27. The molecule has 0 atom stereocenters. The van der Waals surface area contributed by atoms with Crippen molar-refractivity contribution < 1.29 is 4.74 Å². The molecule has 1 aromatic rings. The van der Waals surface area contributed by atoms with Gasteiger partial charge in [-0.25, -0.2) is 0 Å². The van der Waals surface area contributed by atoms with E-state index in [-0.39, 0.29) is 0 Å². The van der Waals surface area contributed by atoms with Gasteiger partial charge >= 0.3 is 0 Å². The van der Waals surface area contributed by atoms with Crippen LogP contribution in [0.25, 0.3) is 0 Å². The second-order valence-corrected chi connectivity index (χ2v) is 6.20. The van der Waals surface area contributed by atoms with Gasteiger partial charge in [0.25, 0.3) is 0 Å². The normalized spacial score (nSPS) is 15.7. The summed E-state index contributed by atoms with van der Waals surface area (Å²) in [7, 11) is 0. The Morgan fingerprint density at radius 2 is 2.00 bits per heavy atom. The lowest BCUT2D eigenvalue weighted by atomic mass is 10.3. The highest BCUT2D eigenvalue weighted by atomic mass is 32.2. The lowest BCUT2D eigenvalue weighted by Crippen LogP contribution is -2.38. The summed E-state index contributed by atoms with van der Waals surface area (Å²) in [6.07, 6.45) is 3.16. The molecule has 1 aliphatic heterocycles. The summed E-state index contributed by atoms with van der Waals surface area (Å²) in [6.45, 7) is 5.81. The molecule has 0 amide bonds. The zero-order chi connectivity index (χ0) is 14.9. The largest absolute Gasteiger partial charge is 0.379 e. The molecule has 1 saturated heterocycles. The predicted molar refractivity (Wildman–Crippen MR) is 94.3 cm³/mol. The molecule has 2 rings (SSSR count). The van der Waals surface area contributed by atoms with Gasteiger partial charge in [0.05, 0.1) is 13.2 Å². The molecular weight excluding hydrogens is 302 g/mol. The van der Waals surface area contributed by atoms with Crippen LogP contribution in [-0.2, 0) is 4.74 Å². The van der Waals surface area contributed by atoms with E-state index < -0.39 is 0 Å². The van der Waals surface area contributed by atoms with Crippen molar-refractivity contribution in [3.05, 3.63) is 24.3 Å². The minimum absolute atomic E-state index is 0.689. The molecule has 116 valence electrons. The van der Waals surface area contributed by atoms with Crippen molar-refractivity contribution >= 4 is 34.8 Å². The van der Waals surface area contributed by atoms with E-state index in [0.29, 0.717) is 5.11 Å². The molecule has 0 aliphatic carbocycles. The molecule has 0 unspecified atom stereocenters. The molecule has 6 heteroatoms. The first-order valence-corrected chi connectivity index (χ1v) is 8.90. The Kier molecular flexibility index (Phi) is 7.29. The van der Waals surface area contributed by atoms with Crippen molar-refractivity contribution in [3.63, 3.8) is 0 Å². The first kappa shape index (κ1) is 16.5. The molecule has 1 heterocycles. The van der Waals surface area contributed by atoms with Crippen LogP contribution in [0.5, 0.6) is 0 Å². The number of ether oxygens (including phenoxy) is 1. The third-order valence-corrected chi connectivity index (χ3v) is 4.38. The molecule has 0 bridgehead atoms. The summed E-state index contributed by atoms with van der Waals surface area (Å²) in [5.41, 5.74) is 1.03. The number of hydrogen-bond donors (Lipinski definition) is 2. The van der Waals surface area contributed by atoms with Crippen LogP contribution in [0.15, 0.2) is 29.2 Å². The zero-order valence-electron chi connectivity index (χ0n) is 12.4. The molecule has 1 aliphatic rings. The predicted octanol–water partition coefficient (Wildman–Crippen LogP) is 2.42. The Morgan fingerprint density at radius 3 is 2.67 bits per heavy atom. The fourth-order valence-electron chi connectivity index (χ4n) is 2.18. The fraction of sp³-hybridized carbons (Fsp3) is 0.533. The lowest BCUT2D eigenvalue weighted by molar-refractivity contribution is 0.0376. The van der Waals surface area contributed by atoms with Gasteiger partial charge in [0, 0.05) is 30.2 Å². The quantitative estimate of drug-likeness (QED) is 0.475.